The van der Waals surface area contributed by atoms with E-state index in [-0.39, 0.29) is 11.9 Å². The first-order chi connectivity index (χ1) is 11.5. The number of carboxylic acids is 2. The molecule has 1 aromatic heterocycles. The average molecular weight is 332 g/mol. The van der Waals surface area contributed by atoms with E-state index in [0.717, 1.165) is 18.7 Å². The van der Waals surface area contributed by atoms with Crippen LogP contribution in [0.3, 0.4) is 0 Å². The number of carbonyl (C=O) groups is 2. The van der Waals surface area contributed by atoms with E-state index >= 15 is 0 Å². The van der Waals surface area contributed by atoms with Crippen molar-refractivity contribution < 1.29 is 24.2 Å². The summed E-state index contributed by atoms with van der Waals surface area (Å²) in [5.74, 6) is -2.70. The Balaban J connectivity index is 0.000000224. The van der Waals surface area contributed by atoms with Gasteiger partial charge in [0.05, 0.1) is 6.04 Å². The molecular weight excluding hydrogens is 315 g/mol. The lowest BCUT2D eigenvalue weighted by atomic mass is 10.0. The fourth-order valence-electron chi connectivity index (χ4n) is 2.41. The molecule has 1 aliphatic heterocycles. The van der Waals surface area contributed by atoms with Crippen molar-refractivity contribution in [2.75, 3.05) is 6.54 Å². The first-order valence-corrected chi connectivity index (χ1v) is 7.25. The van der Waals surface area contributed by atoms with E-state index in [2.05, 4.69) is 28.2 Å². The van der Waals surface area contributed by atoms with E-state index in [1.54, 1.807) is 0 Å². The number of carboxylic acid groups (broad SMARTS) is 2. The van der Waals surface area contributed by atoms with Gasteiger partial charge in [0.25, 0.3) is 0 Å². The van der Waals surface area contributed by atoms with Gasteiger partial charge in [0.15, 0.2) is 0 Å². The molecule has 0 saturated carbocycles. The summed E-state index contributed by atoms with van der Waals surface area (Å²) in [4.78, 5) is 19.1. The van der Waals surface area contributed by atoms with E-state index < -0.39 is 11.9 Å². The van der Waals surface area contributed by atoms with Gasteiger partial charge >= 0.3 is 11.9 Å². The van der Waals surface area contributed by atoms with Gasteiger partial charge in [-0.15, -0.1) is 0 Å². The third kappa shape index (κ3) is 4.79. The van der Waals surface area contributed by atoms with Crippen LogP contribution in [0.4, 0.5) is 4.39 Å². The summed E-state index contributed by atoms with van der Waals surface area (Å²) < 4.78 is 15.1. The summed E-state index contributed by atoms with van der Waals surface area (Å²) in [7, 11) is 0. The lowest BCUT2D eigenvalue weighted by Gasteiger charge is -2.26. The SMILES string of the molecule is Fc1ccc(C2NCCn3cccc32)cc1.O=C(O)/C=C/C(=O)O. The summed E-state index contributed by atoms with van der Waals surface area (Å²) in [5, 5.41) is 19.1. The molecule has 3 N–H and O–H groups in total. The fraction of sp³-hybridized carbons (Fsp3) is 0.176. The second-order valence-corrected chi connectivity index (χ2v) is 5.07. The minimum atomic E-state index is -1.26. The van der Waals surface area contributed by atoms with Crippen LogP contribution in [0, 0.1) is 5.82 Å². The van der Waals surface area contributed by atoms with Crippen LogP contribution in [0.5, 0.6) is 0 Å². The topological polar surface area (TPSA) is 91.6 Å². The van der Waals surface area contributed by atoms with Gasteiger partial charge in [-0.3, -0.25) is 0 Å². The molecule has 3 rings (SSSR count). The Morgan fingerprint density at radius 1 is 1.12 bits per heavy atom. The molecule has 2 aromatic rings. The third-order valence-electron chi connectivity index (χ3n) is 3.43. The average Bonchev–Trinajstić information content (AvgIpc) is 3.03. The summed E-state index contributed by atoms with van der Waals surface area (Å²) in [5.41, 5.74) is 2.36. The van der Waals surface area contributed by atoms with Crippen LogP contribution in [0.1, 0.15) is 17.3 Å². The molecule has 126 valence electrons. The molecule has 0 fully saturated rings. The lowest BCUT2D eigenvalue weighted by Crippen LogP contribution is -2.33. The highest BCUT2D eigenvalue weighted by Crippen LogP contribution is 2.25. The molecule has 1 atom stereocenters. The van der Waals surface area contributed by atoms with Crippen molar-refractivity contribution in [3.63, 3.8) is 0 Å². The van der Waals surface area contributed by atoms with Gasteiger partial charge < -0.3 is 20.1 Å². The van der Waals surface area contributed by atoms with E-state index in [4.69, 9.17) is 10.2 Å². The number of aliphatic carboxylic acids is 2. The van der Waals surface area contributed by atoms with Crippen molar-refractivity contribution in [3.8, 4) is 0 Å². The first kappa shape index (κ1) is 17.4. The molecule has 0 saturated heterocycles. The molecule has 0 spiro atoms. The number of halogens is 1. The van der Waals surface area contributed by atoms with Crippen LogP contribution in [0.15, 0.2) is 54.7 Å². The number of aromatic nitrogens is 1. The van der Waals surface area contributed by atoms with Crippen LogP contribution in [-0.4, -0.2) is 33.3 Å². The van der Waals surface area contributed by atoms with Crippen molar-refractivity contribution in [2.45, 2.75) is 12.6 Å². The number of nitrogens with one attached hydrogen (secondary N) is 1. The predicted molar refractivity (Wildman–Crippen MR) is 85.1 cm³/mol. The lowest BCUT2D eigenvalue weighted by molar-refractivity contribution is -0.134. The maximum Gasteiger partial charge on any atom is 0.328 e. The quantitative estimate of drug-likeness (QED) is 0.748. The number of hydrogen-bond acceptors (Lipinski definition) is 3. The van der Waals surface area contributed by atoms with Gasteiger partial charge in [0.1, 0.15) is 5.82 Å². The van der Waals surface area contributed by atoms with Gasteiger partial charge in [-0.25, -0.2) is 14.0 Å². The van der Waals surface area contributed by atoms with Crippen LogP contribution in [-0.2, 0) is 16.1 Å². The van der Waals surface area contributed by atoms with Crippen LogP contribution in [0.2, 0.25) is 0 Å². The number of rotatable bonds is 3. The number of fused-ring (bicyclic) bond motifs is 1. The molecule has 0 aliphatic carbocycles. The zero-order valence-corrected chi connectivity index (χ0v) is 12.7. The molecule has 6 nitrogen and oxygen atoms in total. The molecular formula is C17H17FN2O4. The third-order valence-corrected chi connectivity index (χ3v) is 3.43. The molecule has 7 heteroatoms. The molecule has 1 unspecified atom stereocenters. The summed E-state index contributed by atoms with van der Waals surface area (Å²) in [6.45, 7) is 1.95. The van der Waals surface area contributed by atoms with Gasteiger partial charge in [0.2, 0.25) is 0 Å². The largest absolute Gasteiger partial charge is 0.478 e. The minimum Gasteiger partial charge on any atom is -0.478 e. The Labute approximate surface area is 137 Å². The molecule has 24 heavy (non-hydrogen) atoms. The van der Waals surface area contributed by atoms with Crippen molar-refractivity contribution >= 4 is 11.9 Å². The van der Waals surface area contributed by atoms with Crippen LogP contribution < -0.4 is 5.32 Å². The number of hydrogen-bond donors (Lipinski definition) is 3. The summed E-state index contributed by atoms with van der Waals surface area (Å²) in [6.07, 6.45) is 3.21. The highest BCUT2D eigenvalue weighted by Gasteiger charge is 2.20. The maximum atomic E-state index is 12.9. The molecule has 0 amide bonds. The molecule has 0 radical (unpaired) electrons. The Bertz CT molecular complexity index is 721. The first-order valence-electron chi connectivity index (χ1n) is 7.25. The zero-order chi connectivity index (χ0) is 17.5. The van der Waals surface area contributed by atoms with Gasteiger partial charge in [0, 0.05) is 37.1 Å². The number of benzene rings is 1. The van der Waals surface area contributed by atoms with Crippen molar-refractivity contribution in [1.29, 1.82) is 0 Å². The fourth-order valence-corrected chi connectivity index (χ4v) is 2.41. The highest BCUT2D eigenvalue weighted by atomic mass is 19.1. The normalized spacial score (nSPS) is 16.1. The van der Waals surface area contributed by atoms with E-state index in [0.29, 0.717) is 12.2 Å². The Kier molecular flexibility index (Phi) is 5.86. The van der Waals surface area contributed by atoms with E-state index in [9.17, 15) is 14.0 Å². The number of nitrogens with zero attached hydrogens (tertiary/aromatic N) is 1. The Hall–Kier alpha value is -2.93. The Morgan fingerprint density at radius 2 is 1.75 bits per heavy atom. The second kappa shape index (κ2) is 8.07. The molecule has 2 heterocycles. The van der Waals surface area contributed by atoms with Crippen LogP contribution >= 0.6 is 0 Å². The highest BCUT2D eigenvalue weighted by molar-refractivity contribution is 5.89. The predicted octanol–water partition coefficient (Wildman–Crippen LogP) is 2.03. The minimum absolute atomic E-state index is 0.185. The summed E-state index contributed by atoms with van der Waals surface area (Å²) >= 11 is 0. The Morgan fingerprint density at radius 3 is 2.33 bits per heavy atom. The molecule has 1 aliphatic rings. The maximum absolute atomic E-state index is 12.9. The van der Waals surface area contributed by atoms with E-state index in [1.807, 2.05) is 12.1 Å². The standard InChI is InChI=1S/C13H13FN2.C4H4O4/c14-11-5-3-10(4-6-11)13-12-2-1-8-16(12)9-7-15-13;5-3(6)1-2-4(7)8/h1-6,8,13,15H,7,9H2;1-2H,(H,5,6)(H,7,8)/b;2-1+. The van der Waals surface area contributed by atoms with Gasteiger partial charge in [-0.05, 0) is 29.8 Å². The molecule has 1 aromatic carbocycles. The van der Waals surface area contributed by atoms with Gasteiger partial charge in [-0.2, -0.15) is 0 Å². The van der Waals surface area contributed by atoms with Gasteiger partial charge in [-0.1, -0.05) is 12.1 Å². The molecule has 0 bridgehead atoms. The smallest absolute Gasteiger partial charge is 0.328 e. The van der Waals surface area contributed by atoms with Crippen LogP contribution in [0.25, 0.3) is 0 Å². The second-order valence-electron chi connectivity index (χ2n) is 5.07. The van der Waals surface area contributed by atoms with E-state index in [1.165, 1.54) is 17.8 Å². The monoisotopic (exact) mass is 332 g/mol. The van der Waals surface area contributed by atoms with Crippen molar-refractivity contribution in [1.82, 2.24) is 9.88 Å². The van der Waals surface area contributed by atoms with Crippen molar-refractivity contribution in [3.05, 3.63) is 71.8 Å². The summed E-state index contributed by atoms with van der Waals surface area (Å²) in [6, 6.07) is 11.1. The van der Waals surface area contributed by atoms with Crippen molar-refractivity contribution in [2.24, 2.45) is 0 Å². The zero-order valence-electron chi connectivity index (χ0n) is 12.7.